The molecule has 2 aromatic rings. The van der Waals surface area contributed by atoms with Crippen molar-refractivity contribution in [2.45, 2.75) is 19.1 Å². The number of nitrogens with zero attached hydrogens (tertiary/aromatic N) is 2. The maximum Gasteiger partial charge on any atom is 0.217 e. The van der Waals surface area contributed by atoms with E-state index in [4.69, 9.17) is 9.47 Å². The van der Waals surface area contributed by atoms with Gasteiger partial charge in [0.2, 0.25) is 5.88 Å². The average molecular weight is 312 g/mol. The summed E-state index contributed by atoms with van der Waals surface area (Å²) in [7, 11) is 0. The molecule has 1 atom stereocenters. The van der Waals surface area contributed by atoms with Gasteiger partial charge in [0, 0.05) is 25.4 Å². The number of pyridine rings is 1. The van der Waals surface area contributed by atoms with E-state index in [0.717, 1.165) is 37.1 Å². The van der Waals surface area contributed by atoms with Crippen LogP contribution in [0.15, 0.2) is 48.7 Å². The number of aromatic nitrogens is 1. The van der Waals surface area contributed by atoms with Gasteiger partial charge in [0.1, 0.15) is 24.7 Å². The van der Waals surface area contributed by atoms with Crippen LogP contribution in [-0.4, -0.2) is 41.9 Å². The predicted molar refractivity (Wildman–Crippen MR) is 86.5 cm³/mol. The molecule has 5 heteroatoms. The van der Waals surface area contributed by atoms with Crippen molar-refractivity contribution in [3.63, 3.8) is 0 Å². The normalized spacial score (nSPS) is 17.8. The van der Waals surface area contributed by atoms with Crippen LogP contribution in [0, 0.1) is 0 Å². The summed E-state index contributed by atoms with van der Waals surface area (Å²) >= 11 is 0. The molecule has 1 aromatic carbocycles. The molecule has 0 spiro atoms. The van der Waals surface area contributed by atoms with Gasteiger partial charge in [-0.1, -0.05) is 30.3 Å². The van der Waals surface area contributed by atoms with Crippen molar-refractivity contribution in [1.29, 1.82) is 0 Å². The molecular formula is C18H20N2O3. The van der Waals surface area contributed by atoms with Gasteiger partial charge in [0.15, 0.2) is 0 Å². The first kappa shape index (κ1) is 15.5. The largest absolute Gasteiger partial charge is 0.489 e. The number of benzene rings is 1. The van der Waals surface area contributed by atoms with Crippen LogP contribution in [0.4, 0.5) is 0 Å². The highest BCUT2D eigenvalue weighted by Crippen LogP contribution is 2.21. The van der Waals surface area contributed by atoms with E-state index in [1.54, 1.807) is 6.20 Å². The van der Waals surface area contributed by atoms with E-state index in [1.165, 1.54) is 0 Å². The lowest BCUT2D eigenvalue weighted by Crippen LogP contribution is -2.26. The Morgan fingerprint density at radius 2 is 2.13 bits per heavy atom. The number of ether oxygens (including phenoxy) is 2. The van der Waals surface area contributed by atoms with E-state index < -0.39 is 0 Å². The van der Waals surface area contributed by atoms with Crippen LogP contribution < -0.4 is 9.47 Å². The fourth-order valence-corrected chi connectivity index (χ4v) is 2.62. The molecule has 2 heterocycles. The third-order valence-electron chi connectivity index (χ3n) is 3.80. The summed E-state index contributed by atoms with van der Waals surface area (Å²) in [5.74, 6) is 1.30. The Bertz CT molecular complexity index is 633. The molecule has 1 aromatic heterocycles. The molecule has 1 fully saturated rings. The molecule has 0 radical (unpaired) electrons. The number of hydrogen-bond donors (Lipinski definition) is 0. The van der Waals surface area contributed by atoms with E-state index in [2.05, 4.69) is 9.88 Å². The summed E-state index contributed by atoms with van der Waals surface area (Å²) in [5, 5.41) is 0. The predicted octanol–water partition coefficient (Wildman–Crippen LogP) is 2.31. The smallest absolute Gasteiger partial charge is 0.217 e. The Labute approximate surface area is 135 Å². The van der Waals surface area contributed by atoms with Gasteiger partial charge in [-0.25, -0.2) is 4.98 Å². The number of aldehydes is 1. The fraction of sp³-hybridized carbons (Fsp3) is 0.333. The van der Waals surface area contributed by atoms with Crippen molar-refractivity contribution in [3.05, 3.63) is 54.2 Å². The summed E-state index contributed by atoms with van der Waals surface area (Å²) in [5.41, 5.74) is 1.12. The van der Waals surface area contributed by atoms with Crippen molar-refractivity contribution in [2.24, 2.45) is 0 Å². The van der Waals surface area contributed by atoms with Crippen molar-refractivity contribution >= 4 is 6.29 Å². The standard InChI is InChI=1S/C18H20N2O3/c21-11-10-20-9-7-17(13-20)23-18-12-16(6-8-19-18)22-14-15-4-2-1-3-5-15/h1-6,8,11-12,17H,7,9-10,13-14H2/t17-/m0/s1. The van der Waals surface area contributed by atoms with Gasteiger partial charge in [-0.05, 0) is 18.1 Å². The zero-order chi connectivity index (χ0) is 15.9. The molecular weight excluding hydrogens is 292 g/mol. The quantitative estimate of drug-likeness (QED) is 0.734. The summed E-state index contributed by atoms with van der Waals surface area (Å²) in [6.45, 7) is 2.62. The van der Waals surface area contributed by atoms with Gasteiger partial charge in [-0.15, -0.1) is 0 Å². The maximum absolute atomic E-state index is 10.5. The minimum Gasteiger partial charge on any atom is -0.489 e. The van der Waals surface area contributed by atoms with E-state index in [9.17, 15) is 4.79 Å². The molecule has 1 saturated heterocycles. The molecule has 0 aliphatic carbocycles. The highest BCUT2D eigenvalue weighted by molar-refractivity contribution is 5.52. The summed E-state index contributed by atoms with van der Waals surface area (Å²) in [4.78, 5) is 16.9. The monoisotopic (exact) mass is 312 g/mol. The summed E-state index contributed by atoms with van der Waals surface area (Å²) in [6, 6.07) is 13.7. The van der Waals surface area contributed by atoms with Crippen molar-refractivity contribution < 1.29 is 14.3 Å². The number of rotatable bonds is 7. The van der Waals surface area contributed by atoms with Crippen LogP contribution in [0.5, 0.6) is 11.6 Å². The Balaban J connectivity index is 1.54. The summed E-state index contributed by atoms with van der Waals surface area (Å²) < 4.78 is 11.7. The van der Waals surface area contributed by atoms with Crippen LogP contribution in [0.25, 0.3) is 0 Å². The SMILES string of the molecule is O=CCN1CC[C@H](Oc2cc(OCc3ccccc3)ccn2)C1. The van der Waals surface area contributed by atoms with Crippen LogP contribution in [-0.2, 0) is 11.4 Å². The van der Waals surface area contributed by atoms with Gasteiger partial charge in [0.05, 0.1) is 6.54 Å². The minimum atomic E-state index is 0.0758. The Morgan fingerprint density at radius 1 is 1.26 bits per heavy atom. The number of likely N-dealkylation sites (tertiary alicyclic amines) is 1. The third kappa shape index (κ3) is 4.53. The van der Waals surface area contributed by atoms with Gasteiger partial charge in [0.25, 0.3) is 0 Å². The van der Waals surface area contributed by atoms with Crippen LogP contribution in [0.1, 0.15) is 12.0 Å². The second-order valence-electron chi connectivity index (χ2n) is 5.56. The van der Waals surface area contributed by atoms with Crippen LogP contribution >= 0.6 is 0 Å². The first-order valence-corrected chi connectivity index (χ1v) is 7.79. The second-order valence-corrected chi connectivity index (χ2v) is 5.56. The molecule has 0 saturated carbocycles. The molecule has 23 heavy (non-hydrogen) atoms. The lowest BCUT2D eigenvalue weighted by molar-refractivity contribution is -0.108. The van der Waals surface area contributed by atoms with Crippen LogP contribution in [0.2, 0.25) is 0 Å². The minimum absolute atomic E-state index is 0.0758. The lowest BCUT2D eigenvalue weighted by atomic mass is 10.2. The zero-order valence-corrected chi connectivity index (χ0v) is 12.9. The Morgan fingerprint density at radius 3 is 2.96 bits per heavy atom. The lowest BCUT2D eigenvalue weighted by Gasteiger charge is -2.14. The molecule has 0 bridgehead atoms. The first-order valence-electron chi connectivity index (χ1n) is 7.79. The van der Waals surface area contributed by atoms with Crippen molar-refractivity contribution in [3.8, 4) is 11.6 Å². The van der Waals surface area contributed by atoms with E-state index in [-0.39, 0.29) is 6.10 Å². The van der Waals surface area contributed by atoms with Gasteiger partial charge < -0.3 is 14.3 Å². The highest BCUT2D eigenvalue weighted by atomic mass is 16.5. The van der Waals surface area contributed by atoms with Gasteiger partial charge in [-0.3, -0.25) is 4.90 Å². The average Bonchev–Trinajstić information content (AvgIpc) is 3.02. The van der Waals surface area contributed by atoms with Gasteiger partial charge in [-0.2, -0.15) is 0 Å². The molecule has 0 amide bonds. The van der Waals surface area contributed by atoms with E-state index >= 15 is 0 Å². The molecule has 3 rings (SSSR count). The van der Waals surface area contributed by atoms with Crippen molar-refractivity contribution in [2.75, 3.05) is 19.6 Å². The topological polar surface area (TPSA) is 51.7 Å². The third-order valence-corrected chi connectivity index (χ3v) is 3.80. The maximum atomic E-state index is 10.5. The molecule has 1 aliphatic rings. The van der Waals surface area contributed by atoms with Crippen LogP contribution in [0.3, 0.4) is 0 Å². The zero-order valence-electron chi connectivity index (χ0n) is 12.9. The first-order chi connectivity index (χ1) is 11.3. The Hall–Kier alpha value is -2.40. The highest BCUT2D eigenvalue weighted by Gasteiger charge is 2.23. The summed E-state index contributed by atoms with van der Waals surface area (Å²) in [6.07, 6.45) is 3.60. The second kappa shape index (κ2) is 7.74. The number of carbonyl (C=O) groups excluding carboxylic acids is 1. The fourth-order valence-electron chi connectivity index (χ4n) is 2.62. The van der Waals surface area contributed by atoms with Crippen molar-refractivity contribution in [1.82, 2.24) is 9.88 Å². The molecule has 5 nitrogen and oxygen atoms in total. The van der Waals surface area contributed by atoms with Gasteiger partial charge >= 0.3 is 0 Å². The van der Waals surface area contributed by atoms with E-state index in [1.807, 2.05) is 42.5 Å². The molecule has 0 N–H and O–H groups in total. The van der Waals surface area contributed by atoms with E-state index in [0.29, 0.717) is 19.0 Å². The molecule has 1 aliphatic heterocycles. The number of hydrogen-bond acceptors (Lipinski definition) is 5. The Kier molecular flexibility index (Phi) is 5.21. The number of carbonyl (C=O) groups is 1. The molecule has 120 valence electrons. The molecule has 0 unspecified atom stereocenters.